The molecule has 4 rings (SSSR count). The van der Waals surface area contributed by atoms with Gasteiger partial charge in [-0.15, -0.1) is 0 Å². The van der Waals surface area contributed by atoms with Crippen LogP contribution in [0.1, 0.15) is 44.5 Å². The normalized spacial score (nSPS) is 17.8. The molecule has 0 aliphatic carbocycles. The predicted molar refractivity (Wildman–Crippen MR) is 134 cm³/mol. The number of ether oxygens (including phenoxy) is 2. The maximum atomic E-state index is 10.2. The number of hydrogen-bond donors (Lipinski definition) is 1. The first-order chi connectivity index (χ1) is 16.4. The van der Waals surface area contributed by atoms with Crippen LogP contribution < -0.4 is 14.4 Å². The Hall–Kier alpha value is -2.42. The smallest absolute Gasteiger partial charge is 0.161 e. The van der Waals surface area contributed by atoms with Crippen LogP contribution in [0.4, 0.5) is 5.82 Å². The van der Waals surface area contributed by atoms with E-state index < -0.39 is 5.72 Å². The molecule has 1 aromatic heterocycles. The van der Waals surface area contributed by atoms with Crippen molar-refractivity contribution in [3.05, 3.63) is 41.9 Å². The molecule has 2 fully saturated rings. The Morgan fingerprint density at radius 2 is 1.76 bits per heavy atom. The fourth-order valence-electron chi connectivity index (χ4n) is 4.74. The van der Waals surface area contributed by atoms with E-state index in [-0.39, 0.29) is 0 Å². The molecule has 0 atom stereocenters. The number of nitrogens with zero attached hydrogens (tertiary/aromatic N) is 5. The van der Waals surface area contributed by atoms with E-state index in [4.69, 9.17) is 14.5 Å². The number of anilines is 1. The summed E-state index contributed by atoms with van der Waals surface area (Å²) in [6.45, 7) is 11.2. The maximum Gasteiger partial charge on any atom is 0.161 e. The summed E-state index contributed by atoms with van der Waals surface area (Å²) < 4.78 is 11.6. The van der Waals surface area contributed by atoms with Gasteiger partial charge in [-0.05, 0) is 70.0 Å². The Balaban J connectivity index is 1.35. The molecule has 8 heteroatoms. The van der Waals surface area contributed by atoms with E-state index in [1.165, 1.54) is 25.9 Å². The largest absolute Gasteiger partial charge is 0.493 e. The average Bonchev–Trinajstić information content (AvgIpc) is 3.35. The van der Waals surface area contributed by atoms with Crippen LogP contribution in [0.5, 0.6) is 11.5 Å². The summed E-state index contributed by atoms with van der Waals surface area (Å²) in [4.78, 5) is 16.2. The first-order valence-electron chi connectivity index (χ1n) is 12.5. The second-order valence-electron chi connectivity index (χ2n) is 9.71. The number of aliphatic hydroxyl groups is 1. The van der Waals surface area contributed by atoms with Crippen LogP contribution in [-0.2, 0) is 6.42 Å². The molecule has 2 aliphatic heterocycles. The zero-order chi connectivity index (χ0) is 24.0. The molecule has 1 N–H and O–H groups in total. The highest BCUT2D eigenvalue weighted by atomic mass is 16.5. The Kier molecular flexibility index (Phi) is 8.24. The number of methoxy groups -OCH3 is 1. The van der Waals surface area contributed by atoms with Crippen LogP contribution in [0.3, 0.4) is 0 Å². The van der Waals surface area contributed by atoms with Crippen LogP contribution >= 0.6 is 0 Å². The molecule has 0 saturated carbocycles. The maximum absolute atomic E-state index is 10.2. The monoisotopic (exact) mass is 469 g/mol. The third kappa shape index (κ3) is 6.58. The highest BCUT2D eigenvalue weighted by Crippen LogP contribution is 2.29. The molecule has 2 aliphatic rings. The fourth-order valence-corrected chi connectivity index (χ4v) is 4.74. The topological polar surface area (TPSA) is 74.2 Å². The molecular weight excluding hydrogens is 430 g/mol. The van der Waals surface area contributed by atoms with Crippen molar-refractivity contribution < 1.29 is 14.6 Å². The van der Waals surface area contributed by atoms with Crippen LogP contribution in [0.15, 0.2) is 30.5 Å². The molecule has 0 bridgehead atoms. The number of hydrogen-bond acceptors (Lipinski definition) is 8. The SMILES string of the molecule is COc1ccc(Cc2nccc(N3CCN(C(C)(C)O)CC3)n2)cc1OCCCN1CCCC1. The van der Waals surface area contributed by atoms with Crippen molar-refractivity contribution in [3.63, 3.8) is 0 Å². The van der Waals surface area contributed by atoms with E-state index in [1.807, 2.05) is 44.3 Å². The summed E-state index contributed by atoms with van der Waals surface area (Å²) in [6, 6.07) is 8.03. The summed E-state index contributed by atoms with van der Waals surface area (Å²) in [6.07, 6.45) is 6.11. The van der Waals surface area contributed by atoms with Gasteiger partial charge in [-0.25, -0.2) is 9.97 Å². The van der Waals surface area contributed by atoms with Gasteiger partial charge >= 0.3 is 0 Å². The molecule has 0 amide bonds. The van der Waals surface area contributed by atoms with Gasteiger partial charge < -0.3 is 24.4 Å². The summed E-state index contributed by atoms with van der Waals surface area (Å²) in [5.74, 6) is 3.25. The van der Waals surface area contributed by atoms with E-state index in [0.29, 0.717) is 13.0 Å². The lowest BCUT2D eigenvalue weighted by Crippen LogP contribution is -2.54. The van der Waals surface area contributed by atoms with Crippen LogP contribution in [0.2, 0.25) is 0 Å². The second-order valence-corrected chi connectivity index (χ2v) is 9.71. The van der Waals surface area contributed by atoms with Crippen molar-refractivity contribution in [3.8, 4) is 11.5 Å². The summed E-state index contributed by atoms with van der Waals surface area (Å²) in [5.41, 5.74) is 0.310. The third-order valence-corrected chi connectivity index (χ3v) is 6.73. The number of likely N-dealkylation sites (tertiary alicyclic amines) is 1. The molecule has 34 heavy (non-hydrogen) atoms. The lowest BCUT2D eigenvalue weighted by molar-refractivity contribution is -0.0802. The van der Waals surface area contributed by atoms with Crippen LogP contribution in [0.25, 0.3) is 0 Å². The molecule has 2 aromatic rings. The Morgan fingerprint density at radius 3 is 2.47 bits per heavy atom. The molecule has 8 nitrogen and oxygen atoms in total. The predicted octanol–water partition coefficient (Wildman–Crippen LogP) is 2.79. The quantitative estimate of drug-likeness (QED) is 0.533. The van der Waals surface area contributed by atoms with E-state index in [0.717, 1.165) is 67.8 Å². The lowest BCUT2D eigenvalue weighted by Gasteiger charge is -2.41. The van der Waals surface area contributed by atoms with Gasteiger partial charge in [0.2, 0.25) is 0 Å². The molecule has 1 aromatic carbocycles. The summed E-state index contributed by atoms with van der Waals surface area (Å²) >= 11 is 0. The van der Waals surface area contributed by atoms with E-state index in [9.17, 15) is 5.11 Å². The van der Waals surface area contributed by atoms with Crippen molar-refractivity contribution >= 4 is 5.82 Å². The third-order valence-electron chi connectivity index (χ3n) is 6.73. The minimum Gasteiger partial charge on any atom is -0.493 e. The number of aromatic nitrogens is 2. The first-order valence-corrected chi connectivity index (χ1v) is 12.5. The highest BCUT2D eigenvalue weighted by molar-refractivity contribution is 5.44. The Labute approximate surface area is 203 Å². The number of piperazine rings is 1. The van der Waals surface area contributed by atoms with Gasteiger partial charge in [0, 0.05) is 45.3 Å². The molecule has 2 saturated heterocycles. The van der Waals surface area contributed by atoms with Gasteiger partial charge in [-0.2, -0.15) is 0 Å². The molecular formula is C26H39N5O3. The van der Waals surface area contributed by atoms with Gasteiger partial charge in [0.25, 0.3) is 0 Å². The fraction of sp³-hybridized carbons (Fsp3) is 0.615. The zero-order valence-corrected chi connectivity index (χ0v) is 20.9. The molecule has 186 valence electrons. The highest BCUT2D eigenvalue weighted by Gasteiger charge is 2.28. The van der Waals surface area contributed by atoms with Gasteiger partial charge in [-0.3, -0.25) is 4.90 Å². The molecule has 0 unspecified atom stereocenters. The summed E-state index contributed by atoms with van der Waals surface area (Å²) in [5, 5.41) is 10.2. The van der Waals surface area contributed by atoms with E-state index in [1.54, 1.807) is 7.11 Å². The van der Waals surface area contributed by atoms with Crippen molar-refractivity contribution in [2.45, 2.75) is 45.3 Å². The lowest BCUT2D eigenvalue weighted by atomic mass is 10.1. The minimum absolute atomic E-state index is 0.631. The Morgan fingerprint density at radius 1 is 1.00 bits per heavy atom. The van der Waals surface area contributed by atoms with Gasteiger partial charge in [-0.1, -0.05) is 6.07 Å². The van der Waals surface area contributed by atoms with Crippen molar-refractivity contribution in [1.29, 1.82) is 0 Å². The summed E-state index contributed by atoms with van der Waals surface area (Å²) in [7, 11) is 1.68. The molecule has 0 spiro atoms. The second kappa shape index (κ2) is 11.3. The van der Waals surface area contributed by atoms with Crippen molar-refractivity contribution in [2.75, 3.05) is 64.4 Å². The molecule has 3 heterocycles. The van der Waals surface area contributed by atoms with E-state index >= 15 is 0 Å². The number of benzene rings is 1. The minimum atomic E-state index is -0.786. The first kappa shape index (κ1) is 24.7. The standard InChI is InChI=1S/C26H39N5O3/c1-26(2,32)31-16-14-30(15-17-31)25-9-10-27-24(28-25)20-21-7-8-22(33-3)23(19-21)34-18-6-13-29-11-4-5-12-29/h7-10,19,32H,4-6,11-18,20H2,1-3H3. The van der Waals surface area contributed by atoms with Crippen LogP contribution in [0, 0.1) is 0 Å². The van der Waals surface area contributed by atoms with Crippen molar-refractivity contribution in [1.82, 2.24) is 19.8 Å². The molecule has 0 radical (unpaired) electrons. The number of rotatable bonds is 10. The Bertz CT molecular complexity index is 919. The van der Waals surface area contributed by atoms with Gasteiger partial charge in [0.15, 0.2) is 11.5 Å². The van der Waals surface area contributed by atoms with E-state index in [2.05, 4.69) is 19.7 Å². The van der Waals surface area contributed by atoms with Gasteiger partial charge in [0.1, 0.15) is 17.4 Å². The average molecular weight is 470 g/mol. The van der Waals surface area contributed by atoms with Gasteiger partial charge in [0.05, 0.1) is 13.7 Å². The van der Waals surface area contributed by atoms with Crippen molar-refractivity contribution in [2.24, 2.45) is 0 Å². The zero-order valence-electron chi connectivity index (χ0n) is 20.9. The van der Waals surface area contributed by atoms with Crippen LogP contribution in [-0.4, -0.2) is 90.1 Å².